The van der Waals surface area contributed by atoms with E-state index >= 15 is 0 Å². The van der Waals surface area contributed by atoms with Gasteiger partial charge in [-0.1, -0.05) is 23.8 Å². The Morgan fingerprint density at radius 2 is 1.20 bits per heavy atom. The van der Waals surface area contributed by atoms with Gasteiger partial charge in [0.05, 0.1) is 0 Å². The minimum Gasteiger partial charge on any atom is -0.0839 e. The van der Waals surface area contributed by atoms with Crippen LogP contribution in [0.15, 0.2) is 139 Å². The van der Waals surface area contributed by atoms with Gasteiger partial charge in [-0.25, -0.2) is 0 Å². The molecule has 1 nitrogen and oxygen atoms in total. The van der Waals surface area contributed by atoms with Gasteiger partial charge in [-0.2, -0.15) is 0 Å². The number of allylic oxidation sites excluding steroid dienone is 4. The van der Waals surface area contributed by atoms with Crippen molar-refractivity contribution in [3.05, 3.63) is 145 Å². The molecule has 0 aliphatic heterocycles. The zero-order valence-corrected chi connectivity index (χ0v) is 29.0. The third-order valence-electron chi connectivity index (χ3n) is 8.56. The van der Waals surface area contributed by atoms with Crippen LogP contribution in [0, 0.1) is 5.92 Å². The number of fused-ring (bicyclic) bond motifs is 1. The second-order valence-corrected chi connectivity index (χ2v) is 16.5. The topological polar surface area (TPSA) is 3.24 Å². The zero-order chi connectivity index (χ0) is 27.1. The van der Waals surface area contributed by atoms with Gasteiger partial charge in [0.25, 0.3) is 0 Å². The molecule has 0 heterocycles. The van der Waals surface area contributed by atoms with Crippen molar-refractivity contribution >= 4 is 39.1 Å². The van der Waals surface area contributed by atoms with Gasteiger partial charge in [0.1, 0.15) is 0 Å². The molecule has 40 heavy (non-hydrogen) atoms. The normalized spacial score (nSPS) is 18.0. The maximum absolute atomic E-state index is 2.36. The fraction of sp³-hybridized carbons (Fsp3) is 0.222. The second-order valence-electron chi connectivity index (χ2n) is 11.2. The molecule has 0 spiro atoms. The average Bonchev–Trinajstić information content (AvgIpc) is 3.38. The van der Waals surface area contributed by atoms with Crippen molar-refractivity contribution < 1.29 is 25.8 Å². The molecule has 1 saturated carbocycles. The van der Waals surface area contributed by atoms with E-state index in [-0.39, 0.29) is 25.8 Å². The fourth-order valence-electron chi connectivity index (χ4n) is 6.52. The molecule has 1 radical (unpaired) electrons. The van der Waals surface area contributed by atoms with E-state index in [0.717, 1.165) is 17.6 Å². The van der Waals surface area contributed by atoms with E-state index in [4.69, 9.17) is 0 Å². The Morgan fingerprint density at radius 1 is 0.700 bits per heavy atom. The first-order valence-corrected chi connectivity index (χ1v) is 17.7. The van der Waals surface area contributed by atoms with Crippen molar-refractivity contribution in [1.82, 2.24) is 0 Å². The summed E-state index contributed by atoms with van der Waals surface area (Å²) in [5.41, 5.74) is 5.48. The summed E-state index contributed by atoms with van der Waals surface area (Å²) in [5.74, 6) is 0.951. The van der Waals surface area contributed by atoms with E-state index in [9.17, 15) is 0 Å². The van der Waals surface area contributed by atoms with Gasteiger partial charge in [0.2, 0.25) is 0 Å². The number of para-hydroxylation sites is 1. The second kappa shape index (κ2) is 14.5. The van der Waals surface area contributed by atoms with Crippen LogP contribution >= 0.6 is 7.26 Å². The first-order valence-electron chi connectivity index (χ1n) is 14.4. The molecule has 0 N–H and O–H groups in total. The van der Waals surface area contributed by atoms with Crippen LogP contribution in [-0.2, 0) is 32.0 Å². The van der Waals surface area contributed by atoms with Crippen molar-refractivity contribution in [2.24, 2.45) is 5.92 Å². The maximum atomic E-state index is 2.36. The van der Waals surface area contributed by atoms with E-state index < -0.39 is 7.26 Å². The van der Waals surface area contributed by atoms with Crippen molar-refractivity contribution in [2.75, 3.05) is 19.0 Å². The summed E-state index contributed by atoms with van der Waals surface area (Å²) in [6, 6.07) is 42.2. The smallest absolute Gasteiger partial charge is 0.0119 e. The molecule has 4 aromatic carbocycles. The first-order chi connectivity index (χ1) is 19.1. The van der Waals surface area contributed by atoms with Gasteiger partial charge >= 0.3 is 175 Å². The molecule has 0 saturated heterocycles. The summed E-state index contributed by atoms with van der Waals surface area (Å²) in [4.78, 5) is 2.23. The summed E-state index contributed by atoms with van der Waals surface area (Å²) in [5, 5.41) is 4.35. The Labute approximate surface area is 264 Å². The van der Waals surface area contributed by atoms with E-state index in [1.165, 1.54) is 56.7 Å². The Morgan fingerprint density at radius 3 is 1.70 bits per heavy atom. The quantitative estimate of drug-likeness (QED) is 0.185. The van der Waals surface area contributed by atoms with Crippen LogP contribution in [0.2, 0.25) is 5.54 Å². The summed E-state index contributed by atoms with van der Waals surface area (Å²) < 4.78 is 0. The first kappa shape index (κ1) is 30.6. The third kappa shape index (κ3) is 6.76. The molecule has 0 bridgehead atoms. The summed E-state index contributed by atoms with van der Waals surface area (Å²) in [6.07, 6.45) is 12.2. The van der Waals surface area contributed by atoms with Crippen LogP contribution in [0.1, 0.15) is 24.8 Å². The molecule has 203 valence electrons. The fourth-order valence-corrected chi connectivity index (χ4v) is 12.3. The van der Waals surface area contributed by atoms with Crippen LogP contribution in [-0.4, -0.2) is 24.3 Å². The van der Waals surface area contributed by atoms with Crippen molar-refractivity contribution in [3.8, 4) is 0 Å². The Kier molecular flexibility index (Phi) is 11.1. The van der Waals surface area contributed by atoms with Crippen LogP contribution in [0.25, 0.3) is 0 Å². The largest absolute Gasteiger partial charge is 0.0839 e. The monoisotopic (exact) mass is 592 g/mol. The van der Waals surface area contributed by atoms with E-state index in [1.807, 2.05) is 0 Å². The van der Waals surface area contributed by atoms with Gasteiger partial charge in [-0.3, -0.25) is 0 Å². The maximum Gasteiger partial charge on any atom is 0.0119 e. The van der Waals surface area contributed by atoms with Gasteiger partial charge in [0, 0.05) is 36.1 Å². The predicted octanol–water partition coefficient (Wildman–Crippen LogP) is 6.41. The summed E-state index contributed by atoms with van der Waals surface area (Å²) in [7, 11) is 3.37. The number of anilines is 1. The van der Waals surface area contributed by atoms with Crippen molar-refractivity contribution in [3.63, 3.8) is 0 Å². The SMILES string of the molecule is CN(C)c1ccccc1C[PH](c1ccccc1)(c1ccccc1)c1ccccc1.[Sc].[SiH3]C1CCC2CC=CC=C12. The molecule has 2 aliphatic rings. The van der Waals surface area contributed by atoms with Crippen molar-refractivity contribution in [1.29, 1.82) is 0 Å². The molecule has 0 amide bonds. The van der Waals surface area contributed by atoms with Gasteiger partial charge < -0.3 is 0 Å². The Bertz CT molecular complexity index is 1310. The number of benzene rings is 4. The number of hydrogen-bond donors (Lipinski definition) is 0. The summed E-state index contributed by atoms with van der Waals surface area (Å²) in [6.45, 7) is 0. The number of hydrogen-bond acceptors (Lipinski definition) is 1. The molecular formula is C36H42NPScSi. The van der Waals surface area contributed by atoms with Crippen molar-refractivity contribution in [2.45, 2.75) is 31.0 Å². The predicted molar refractivity (Wildman–Crippen MR) is 179 cm³/mol. The Balaban J connectivity index is 0.000000282. The molecule has 2 unspecified atom stereocenters. The van der Waals surface area contributed by atoms with Crippen LogP contribution < -0.4 is 20.8 Å². The van der Waals surface area contributed by atoms with Crippen LogP contribution in [0.4, 0.5) is 5.69 Å². The molecule has 1 fully saturated rings. The number of rotatable bonds is 6. The zero-order valence-electron chi connectivity index (χ0n) is 24.2. The summed E-state index contributed by atoms with van der Waals surface area (Å²) >= 11 is 0. The van der Waals surface area contributed by atoms with Crippen LogP contribution in [0.3, 0.4) is 0 Å². The third-order valence-corrected chi connectivity index (χ3v) is 14.7. The minimum absolute atomic E-state index is 0. The van der Waals surface area contributed by atoms with E-state index in [2.05, 4.69) is 152 Å². The van der Waals surface area contributed by atoms with E-state index in [1.54, 1.807) is 5.57 Å². The molecule has 4 heteroatoms. The van der Waals surface area contributed by atoms with Gasteiger partial charge in [-0.05, 0) is 30.7 Å². The molecule has 6 rings (SSSR count). The average molecular weight is 593 g/mol. The van der Waals surface area contributed by atoms with E-state index in [0.29, 0.717) is 0 Å². The molecule has 2 aliphatic carbocycles. The standard InChI is InChI=1S/C27H28NP.C9H14Si.Sc/c1-28(2)27-21-13-12-14-23(27)22-29(24-15-6-3-7-16-24,25-17-8-4-9-18-25)26-19-10-5-11-20-26;10-9-6-5-7-3-1-2-4-8(7)9;/h3-21,29H,22H2,1-2H3;1-2,4,7,9H,3,5-6H2,10H3;. The molecule has 0 aromatic heterocycles. The van der Waals surface area contributed by atoms with Crippen LogP contribution in [0.5, 0.6) is 0 Å². The minimum atomic E-state index is -2.27. The van der Waals surface area contributed by atoms with Gasteiger partial charge in [-0.15, -0.1) is 0 Å². The molecular weight excluding hydrogens is 550 g/mol. The van der Waals surface area contributed by atoms with Gasteiger partial charge in [0.15, 0.2) is 0 Å². The Hall–Kier alpha value is -2.32. The molecule has 2 atom stereocenters. The molecule has 4 aromatic rings. The number of nitrogens with zero attached hydrogens (tertiary/aromatic N) is 1.